The fourth-order valence-corrected chi connectivity index (χ4v) is 3.39. The highest BCUT2D eigenvalue weighted by molar-refractivity contribution is 7.19. The predicted octanol–water partition coefficient (Wildman–Crippen LogP) is 3.45. The molecular formula is C16H18N4O2S. The molecule has 23 heavy (non-hydrogen) atoms. The number of amides is 1. The number of hydrogen-bond acceptors (Lipinski definition) is 5. The second-order valence-corrected chi connectivity index (χ2v) is 6.48. The van der Waals surface area contributed by atoms with Crippen LogP contribution in [0.3, 0.4) is 0 Å². The third-order valence-electron chi connectivity index (χ3n) is 3.36. The summed E-state index contributed by atoms with van der Waals surface area (Å²) in [6.07, 6.45) is 0.0357. The molecule has 0 saturated heterocycles. The molecule has 0 aliphatic heterocycles. The van der Waals surface area contributed by atoms with Crippen LogP contribution in [0, 0.1) is 13.8 Å². The molecule has 0 radical (unpaired) electrons. The van der Waals surface area contributed by atoms with Crippen LogP contribution < -0.4 is 10.1 Å². The number of aromatic nitrogens is 3. The molecule has 1 aromatic carbocycles. The summed E-state index contributed by atoms with van der Waals surface area (Å²) in [7, 11) is 0. The van der Waals surface area contributed by atoms with Crippen LogP contribution in [0.4, 0.5) is 5.69 Å². The monoisotopic (exact) mass is 330 g/mol. The Morgan fingerprint density at radius 1 is 1.26 bits per heavy atom. The number of anilines is 1. The van der Waals surface area contributed by atoms with E-state index in [1.165, 1.54) is 11.3 Å². The summed E-state index contributed by atoms with van der Waals surface area (Å²) in [5, 5.41) is 11.0. The molecule has 0 atom stereocenters. The van der Waals surface area contributed by atoms with Gasteiger partial charge in [-0.1, -0.05) is 23.5 Å². The van der Waals surface area contributed by atoms with Crippen molar-refractivity contribution < 1.29 is 9.53 Å². The minimum Gasteiger partial charge on any atom is -0.489 e. The molecule has 0 aliphatic rings. The quantitative estimate of drug-likeness (QED) is 0.795. The first-order valence-electron chi connectivity index (χ1n) is 7.35. The van der Waals surface area contributed by atoms with Gasteiger partial charge in [-0.3, -0.25) is 9.20 Å². The van der Waals surface area contributed by atoms with Crippen molar-refractivity contribution in [1.29, 1.82) is 0 Å². The van der Waals surface area contributed by atoms with Crippen molar-refractivity contribution in [2.24, 2.45) is 0 Å². The van der Waals surface area contributed by atoms with Crippen molar-refractivity contribution >= 4 is 27.9 Å². The molecule has 0 saturated carbocycles. The fraction of sp³-hybridized carbons (Fsp3) is 0.312. The first-order chi connectivity index (χ1) is 11.0. The fourth-order valence-electron chi connectivity index (χ4n) is 2.38. The highest BCUT2D eigenvalue weighted by atomic mass is 32.1. The van der Waals surface area contributed by atoms with Gasteiger partial charge in [0.15, 0.2) is 0 Å². The number of carbonyl (C=O) groups is 1. The lowest BCUT2D eigenvalue weighted by Gasteiger charge is -2.14. The largest absolute Gasteiger partial charge is 0.489 e. The van der Waals surface area contributed by atoms with Gasteiger partial charge in [0.25, 0.3) is 5.91 Å². The Balaban J connectivity index is 1.91. The van der Waals surface area contributed by atoms with Crippen LogP contribution >= 0.6 is 11.3 Å². The summed E-state index contributed by atoms with van der Waals surface area (Å²) < 4.78 is 7.62. The molecule has 0 unspecified atom stereocenters. The highest BCUT2D eigenvalue weighted by Gasteiger charge is 2.19. The maximum Gasteiger partial charge on any atom is 0.267 e. The molecule has 1 N–H and O–H groups in total. The molecule has 3 rings (SSSR count). The van der Waals surface area contributed by atoms with Crippen molar-refractivity contribution in [2.45, 2.75) is 33.8 Å². The molecule has 2 aromatic heterocycles. The summed E-state index contributed by atoms with van der Waals surface area (Å²) in [5.74, 6) is 1.27. The number of benzene rings is 1. The molecule has 120 valence electrons. The maximum absolute atomic E-state index is 12.6. The van der Waals surface area contributed by atoms with E-state index in [0.717, 1.165) is 16.5 Å². The van der Waals surface area contributed by atoms with Crippen LogP contribution in [0.25, 0.3) is 4.96 Å². The number of ether oxygens (including phenoxy) is 1. The molecule has 0 aliphatic carbocycles. The van der Waals surface area contributed by atoms with E-state index in [1.807, 2.05) is 56.4 Å². The van der Waals surface area contributed by atoms with Crippen molar-refractivity contribution in [2.75, 3.05) is 5.32 Å². The molecule has 0 fully saturated rings. The van der Waals surface area contributed by atoms with Crippen LogP contribution in [-0.2, 0) is 0 Å². The van der Waals surface area contributed by atoms with Crippen LogP contribution in [0.15, 0.2) is 24.3 Å². The number of para-hydroxylation sites is 2. The molecule has 3 aromatic rings. The molecule has 0 bridgehead atoms. The van der Waals surface area contributed by atoms with Crippen LogP contribution in [0.1, 0.15) is 35.0 Å². The lowest BCUT2D eigenvalue weighted by atomic mass is 10.2. The molecule has 6 nitrogen and oxygen atoms in total. The number of fused-ring (bicyclic) bond motifs is 1. The lowest BCUT2D eigenvalue weighted by Crippen LogP contribution is -2.14. The van der Waals surface area contributed by atoms with Gasteiger partial charge < -0.3 is 10.1 Å². The SMILES string of the molecule is Cc1nnc2sc(C(=O)Nc3ccccc3OC(C)C)c(C)n12. The predicted molar refractivity (Wildman–Crippen MR) is 90.5 cm³/mol. The standard InChI is InChI=1S/C16H18N4O2S/c1-9(2)22-13-8-6-5-7-12(13)17-15(21)14-10(3)20-11(4)18-19-16(20)23-14/h5-9H,1-4H3,(H,17,21). The summed E-state index contributed by atoms with van der Waals surface area (Å²) in [4.78, 5) is 14.0. The first-order valence-corrected chi connectivity index (χ1v) is 8.17. The number of rotatable bonds is 4. The van der Waals surface area contributed by atoms with E-state index < -0.39 is 0 Å². The zero-order valence-electron chi connectivity index (χ0n) is 13.5. The molecule has 0 spiro atoms. The highest BCUT2D eigenvalue weighted by Crippen LogP contribution is 2.28. The molecule has 1 amide bonds. The zero-order chi connectivity index (χ0) is 16.6. The minimum absolute atomic E-state index is 0.0357. The van der Waals surface area contributed by atoms with Crippen LogP contribution in [0.5, 0.6) is 5.75 Å². The van der Waals surface area contributed by atoms with Gasteiger partial charge in [0.05, 0.1) is 11.8 Å². The minimum atomic E-state index is -0.169. The van der Waals surface area contributed by atoms with Gasteiger partial charge >= 0.3 is 0 Å². The summed E-state index contributed by atoms with van der Waals surface area (Å²) in [6, 6.07) is 7.42. The number of thiazole rings is 1. The van der Waals surface area contributed by atoms with Crippen molar-refractivity contribution in [1.82, 2.24) is 14.6 Å². The van der Waals surface area contributed by atoms with Gasteiger partial charge in [-0.15, -0.1) is 10.2 Å². The van der Waals surface area contributed by atoms with E-state index >= 15 is 0 Å². The third-order valence-corrected chi connectivity index (χ3v) is 4.49. The van der Waals surface area contributed by atoms with Gasteiger partial charge in [0.2, 0.25) is 4.96 Å². The molecular weight excluding hydrogens is 312 g/mol. The normalized spacial score (nSPS) is 11.2. The van der Waals surface area contributed by atoms with Gasteiger partial charge in [0.1, 0.15) is 16.5 Å². The van der Waals surface area contributed by atoms with Crippen LogP contribution in [0.2, 0.25) is 0 Å². The van der Waals surface area contributed by atoms with Crippen molar-refractivity contribution in [3.05, 3.63) is 40.7 Å². The Hall–Kier alpha value is -2.41. The smallest absolute Gasteiger partial charge is 0.267 e. The Bertz CT molecular complexity index is 866. The lowest BCUT2D eigenvalue weighted by molar-refractivity contribution is 0.102. The molecule has 2 heterocycles. The Morgan fingerprint density at radius 2 is 2.00 bits per heavy atom. The van der Waals surface area contributed by atoms with E-state index in [2.05, 4.69) is 15.5 Å². The Kier molecular flexibility index (Phi) is 4.04. The van der Waals surface area contributed by atoms with E-state index in [1.54, 1.807) is 0 Å². The average Bonchev–Trinajstić information content (AvgIpc) is 3.02. The molecule has 7 heteroatoms. The first kappa shape index (κ1) is 15.5. The second kappa shape index (κ2) is 6.00. The van der Waals surface area contributed by atoms with Crippen LogP contribution in [-0.4, -0.2) is 26.6 Å². The van der Waals surface area contributed by atoms with E-state index in [-0.39, 0.29) is 12.0 Å². The van der Waals surface area contributed by atoms with E-state index in [4.69, 9.17) is 4.74 Å². The number of hydrogen-bond donors (Lipinski definition) is 1. The maximum atomic E-state index is 12.6. The summed E-state index contributed by atoms with van der Waals surface area (Å²) in [5.41, 5.74) is 1.50. The average molecular weight is 330 g/mol. The van der Waals surface area contributed by atoms with Gasteiger partial charge in [-0.05, 0) is 39.8 Å². The summed E-state index contributed by atoms with van der Waals surface area (Å²) >= 11 is 1.33. The number of aryl methyl sites for hydroxylation is 2. The van der Waals surface area contributed by atoms with Gasteiger partial charge in [-0.25, -0.2) is 0 Å². The summed E-state index contributed by atoms with van der Waals surface area (Å²) in [6.45, 7) is 7.66. The number of nitrogens with one attached hydrogen (secondary N) is 1. The van der Waals surface area contributed by atoms with Gasteiger partial charge in [-0.2, -0.15) is 0 Å². The van der Waals surface area contributed by atoms with Crippen molar-refractivity contribution in [3.63, 3.8) is 0 Å². The van der Waals surface area contributed by atoms with Gasteiger partial charge in [0, 0.05) is 5.69 Å². The van der Waals surface area contributed by atoms with E-state index in [0.29, 0.717) is 16.3 Å². The number of nitrogens with zero attached hydrogens (tertiary/aromatic N) is 3. The third kappa shape index (κ3) is 2.92. The topological polar surface area (TPSA) is 68.5 Å². The van der Waals surface area contributed by atoms with E-state index in [9.17, 15) is 4.79 Å². The Labute approximate surface area is 138 Å². The zero-order valence-corrected chi connectivity index (χ0v) is 14.3. The second-order valence-electron chi connectivity index (χ2n) is 5.50. The Morgan fingerprint density at radius 3 is 2.70 bits per heavy atom. The van der Waals surface area contributed by atoms with Crippen molar-refractivity contribution in [3.8, 4) is 5.75 Å². The number of carbonyl (C=O) groups excluding carboxylic acids is 1.